The zero-order valence-electron chi connectivity index (χ0n) is 8.08. The number of nitrogens with zero attached hydrogens (tertiary/aromatic N) is 1. The average molecular weight is 172 g/mol. The van der Waals surface area contributed by atoms with Gasteiger partial charge in [-0.3, -0.25) is 0 Å². The molecule has 3 nitrogen and oxygen atoms in total. The Kier molecular flexibility index (Phi) is 3.98. The molecule has 1 aliphatic rings. The van der Waals surface area contributed by atoms with Crippen molar-refractivity contribution in [1.29, 1.82) is 0 Å². The van der Waals surface area contributed by atoms with Crippen LogP contribution in [0.25, 0.3) is 0 Å². The number of likely N-dealkylation sites (N-methyl/N-ethyl adjacent to an activating group) is 1. The van der Waals surface area contributed by atoms with E-state index in [4.69, 9.17) is 0 Å². The van der Waals surface area contributed by atoms with E-state index in [9.17, 15) is 5.11 Å². The minimum absolute atomic E-state index is 0.182. The molecule has 72 valence electrons. The third-order valence-electron chi connectivity index (χ3n) is 2.67. The van der Waals surface area contributed by atoms with E-state index in [1.54, 1.807) is 0 Å². The molecular weight excluding hydrogens is 152 g/mol. The van der Waals surface area contributed by atoms with Gasteiger partial charge in [-0.2, -0.15) is 0 Å². The summed E-state index contributed by atoms with van der Waals surface area (Å²) < 4.78 is 0. The van der Waals surface area contributed by atoms with Gasteiger partial charge in [-0.1, -0.05) is 13.8 Å². The normalized spacial score (nSPS) is 25.5. The highest BCUT2D eigenvalue weighted by Crippen LogP contribution is 2.08. The topological polar surface area (TPSA) is 35.5 Å². The van der Waals surface area contributed by atoms with Crippen LogP contribution in [0.1, 0.15) is 20.3 Å². The maximum absolute atomic E-state index is 9.70. The molecule has 0 amide bonds. The van der Waals surface area contributed by atoms with Crippen LogP contribution in [-0.2, 0) is 0 Å². The van der Waals surface area contributed by atoms with Crippen molar-refractivity contribution < 1.29 is 5.11 Å². The van der Waals surface area contributed by atoms with Gasteiger partial charge in [-0.15, -0.1) is 0 Å². The van der Waals surface area contributed by atoms with Gasteiger partial charge in [0, 0.05) is 12.6 Å². The van der Waals surface area contributed by atoms with Gasteiger partial charge in [0.25, 0.3) is 0 Å². The standard InChI is InChI=1S/C9H20N2O/c1-3-11(4-2)7-9(12)8-5-6-10-8/h8-10,12H,3-7H2,1-2H3. The third-order valence-corrected chi connectivity index (χ3v) is 2.67. The molecule has 2 unspecified atom stereocenters. The first kappa shape index (κ1) is 9.96. The number of nitrogens with one attached hydrogen (secondary N) is 1. The zero-order chi connectivity index (χ0) is 8.97. The summed E-state index contributed by atoms with van der Waals surface area (Å²) in [7, 11) is 0. The van der Waals surface area contributed by atoms with E-state index in [1.807, 2.05) is 0 Å². The first-order valence-corrected chi connectivity index (χ1v) is 4.91. The van der Waals surface area contributed by atoms with Gasteiger partial charge in [0.1, 0.15) is 0 Å². The Hall–Kier alpha value is -0.120. The van der Waals surface area contributed by atoms with Gasteiger partial charge in [0.15, 0.2) is 0 Å². The molecule has 0 aromatic carbocycles. The molecule has 1 aliphatic heterocycles. The fourth-order valence-electron chi connectivity index (χ4n) is 1.51. The molecule has 0 saturated carbocycles. The van der Waals surface area contributed by atoms with Crippen LogP contribution in [0.15, 0.2) is 0 Å². The summed E-state index contributed by atoms with van der Waals surface area (Å²) in [5, 5.41) is 12.9. The Bertz CT molecular complexity index is 122. The molecule has 3 heteroatoms. The molecule has 0 bridgehead atoms. The first-order valence-electron chi connectivity index (χ1n) is 4.91. The molecule has 2 atom stereocenters. The quantitative estimate of drug-likeness (QED) is 0.615. The lowest BCUT2D eigenvalue weighted by Gasteiger charge is -2.34. The van der Waals surface area contributed by atoms with E-state index in [-0.39, 0.29) is 6.10 Å². The molecule has 1 saturated heterocycles. The number of hydrogen-bond acceptors (Lipinski definition) is 3. The van der Waals surface area contributed by atoms with E-state index in [2.05, 4.69) is 24.1 Å². The molecule has 1 fully saturated rings. The third kappa shape index (κ3) is 2.44. The van der Waals surface area contributed by atoms with Crippen LogP contribution in [0, 0.1) is 0 Å². The Morgan fingerprint density at radius 2 is 2.08 bits per heavy atom. The molecule has 12 heavy (non-hydrogen) atoms. The van der Waals surface area contributed by atoms with Gasteiger partial charge < -0.3 is 15.3 Å². The molecule has 0 radical (unpaired) electrons. The lowest BCUT2D eigenvalue weighted by molar-refractivity contribution is 0.0600. The van der Waals surface area contributed by atoms with E-state index < -0.39 is 0 Å². The summed E-state index contributed by atoms with van der Waals surface area (Å²) in [6, 6.07) is 0.352. The van der Waals surface area contributed by atoms with Crippen LogP contribution in [0.3, 0.4) is 0 Å². The smallest absolute Gasteiger partial charge is 0.0820 e. The zero-order valence-corrected chi connectivity index (χ0v) is 8.08. The fraction of sp³-hybridized carbons (Fsp3) is 1.00. The summed E-state index contributed by atoms with van der Waals surface area (Å²) in [4.78, 5) is 2.25. The van der Waals surface area contributed by atoms with Crippen LogP contribution >= 0.6 is 0 Å². The predicted molar refractivity (Wildman–Crippen MR) is 50.2 cm³/mol. The van der Waals surface area contributed by atoms with Gasteiger partial charge in [0.2, 0.25) is 0 Å². The van der Waals surface area contributed by atoms with Gasteiger partial charge >= 0.3 is 0 Å². The van der Waals surface area contributed by atoms with Crippen LogP contribution in [0.4, 0.5) is 0 Å². The monoisotopic (exact) mass is 172 g/mol. The van der Waals surface area contributed by atoms with Crippen molar-refractivity contribution in [3.8, 4) is 0 Å². The van der Waals surface area contributed by atoms with Gasteiger partial charge in [-0.25, -0.2) is 0 Å². The molecule has 1 heterocycles. The summed E-state index contributed by atoms with van der Waals surface area (Å²) in [6.45, 7) is 8.19. The van der Waals surface area contributed by atoms with Crippen molar-refractivity contribution in [2.24, 2.45) is 0 Å². The molecule has 0 spiro atoms. The molecule has 2 N–H and O–H groups in total. The maximum Gasteiger partial charge on any atom is 0.0820 e. The lowest BCUT2D eigenvalue weighted by Crippen LogP contribution is -2.54. The Labute approximate surface area is 74.8 Å². The summed E-state index contributed by atoms with van der Waals surface area (Å²) in [5.41, 5.74) is 0. The van der Waals surface area contributed by atoms with E-state index in [0.717, 1.165) is 32.6 Å². The van der Waals surface area contributed by atoms with Crippen molar-refractivity contribution in [2.75, 3.05) is 26.2 Å². The van der Waals surface area contributed by atoms with Crippen LogP contribution < -0.4 is 5.32 Å². The lowest BCUT2D eigenvalue weighted by atomic mass is 10.0. The first-order chi connectivity index (χ1) is 5.77. The average Bonchev–Trinajstić information content (AvgIpc) is 1.96. The molecule has 0 aromatic rings. The molecular formula is C9H20N2O. The van der Waals surface area contributed by atoms with E-state index in [0.29, 0.717) is 6.04 Å². The van der Waals surface area contributed by atoms with Crippen LogP contribution in [0.2, 0.25) is 0 Å². The largest absolute Gasteiger partial charge is 0.390 e. The molecule has 0 aliphatic carbocycles. The van der Waals surface area contributed by atoms with Crippen molar-refractivity contribution in [1.82, 2.24) is 10.2 Å². The van der Waals surface area contributed by atoms with Crippen molar-refractivity contribution >= 4 is 0 Å². The van der Waals surface area contributed by atoms with Crippen molar-refractivity contribution in [3.63, 3.8) is 0 Å². The van der Waals surface area contributed by atoms with E-state index >= 15 is 0 Å². The number of hydrogen-bond donors (Lipinski definition) is 2. The second-order valence-electron chi connectivity index (χ2n) is 3.40. The predicted octanol–water partition coefficient (Wildman–Crippen LogP) is 0.0510. The molecule has 0 aromatic heterocycles. The van der Waals surface area contributed by atoms with E-state index in [1.165, 1.54) is 0 Å². The Morgan fingerprint density at radius 3 is 2.42 bits per heavy atom. The highest BCUT2D eigenvalue weighted by atomic mass is 16.3. The Morgan fingerprint density at radius 1 is 1.50 bits per heavy atom. The van der Waals surface area contributed by atoms with Crippen molar-refractivity contribution in [3.05, 3.63) is 0 Å². The minimum atomic E-state index is -0.182. The summed E-state index contributed by atoms with van der Waals surface area (Å²) >= 11 is 0. The van der Waals surface area contributed by atoms with Gasteiger partial charge in [0.05, 0.1) is 6.10 Å². The highest BCUT2D eigenvalue weighted by Gasteiger charge is 2.25. The minimum Gasteiger partial charge on any atom is -0.390 e. The Balaban J connectivity index is 2.18. The summed E-state index contributed by atoms with van der Waals surface area (Å²) in [6.07, 6.45) is 0.946. The number of rotatable bonds is 5. The van der Waals surface area contributed by atoms with Crippen molar-refractivity contribution in [2.45, 2.75) is 32.4 Å². The number of aliphatic hydroxyl groups excluding tert-OH is 1. The highest BCUT2D eigenvalue weighted by molar-refractivity contribution is 4.85. The summed E-state index contributed by atoms with van der Waals surface area (Å²) in [5.74, 6) is 0. The second-order valence-corrected chi connectivity index (χ2v) is 3.40. The van der Waals surface area contributed by atoms with Crippen LogP contribution in [0.5, 0.6) is 0 Å². The van der Waals surface area contributed by atoms with Crippen LogP contribution in [-0.4, -0.2) is 48.3 Å². The number of aliphatic hydroxyl groups is 1. The molecule has 1 rings (SSSR count). The van der Waals surface area contributed by atoms with Gasteiger partial charge in [-0.05, 0) is 26.1 Å². The fourth-order valence-corrected chi connectivity index (χ4v) is 1.51. The maximum atomic E-state index is 9.70. The SMILES string of the molecule is CCN(CC)CC(O)C1CCN1. The second kappa shape index (κ2) is 4.80.